The molecule has 214 valence electrons. The average molecular weight is 581 g/mol. The summed E-state index contributed by atoms with van der Waals surface area (Å²) in [7, 11) is 0. The number of furan rings is 2. The van der Waals surface area contributed by atoms with Gasteiger partial charge in [0.1, 0.15) is 16.9 Å². The van der Waals surface area contributed by atoms with Crippen LogP contribution in [0.15, 0.2) is 161 Å². The smallest absolute Gasteiger partial charge is 0.159 e. The Morgan fingerprint density at radius 3 is 1.84 bits per heavy atom. The van der Waals surface area contributed by atoms with Gasteiger partial charge in [-0.15, -0.1) is 0 Å². The molecule has 8 aromatic rings. The molecule has 0 saturated carbocycles. The molecule has 4 nitrogen and oxygen atoms in total. The van der Waals surface area contributed by atoms with Gasteiger partial charge in [-0.25, -0.2) is 0 Å². The Balaban J connectivity index is 1.18. The summed E-state index contributed by atoms with van der Waals surface area (Å²) < 4.78 is 12.7. The van der Waals surface area contributed by atoms with Crippen LogP contribution in [0.2, 0.25) is 0 Å². The van der Waals surface area contributed by atoms with Crippen molar-refractivity contribution in [3.8, 4) is 11.1 Å². The molecule has 0 fully saturated rings. The molecule has 0 radical (unpaired) electrons. The quantitative estimate of drug-likeness (QED) is 0.220. The van der Waals surface area contributed by atoms with Crippen LogP contribution in [-0.2, 0) is 6.54 Å². The number of hydrogen-bond donors (Lipinski definition) is 1. The second kappa shape index (κ2) is 10.3. The van der Waals surface area contributed by atoms with Crippen molar-refractivity contribution in [1.82, 2.24) is 5.32 Å². The summed E-state index contributed by atoms with van der Waals surface area (Å²) in [5.41, 5.74) is 11.5. The van der Waals surface area contributed by atoms with Gasteiger partial charge in [-0.1, -0.05) is 103 Å². The highest BCUT2D eigenvalue weighted by molar-refractivity contribution is 6.10. The third-order valence-corrected chi connectivity index (χ3v) is 8.74. The summed E-state index contributed by atoms with van der Waals surface area (Å²) in [4.78, 5) is 2.29. The maximum atomic E-state index is 6.52. The highest BCUT2D eigenvalue weighted by Crippen LogP contribution is 2.43. The molecule has 0 bridgehead atoms. The largest absolute Gasteiger partial charge is 0.459 e. The minimum Gasteiger partial charge on any atom is -0.459 e. The van der Waals surface area contributed by atoms with Crippen molar-refractivity contribution in [2.75, 3.05) is 4.90 Å². The zero-order chi connectivity index (χ0) is 29.7. The first-order chi connectivity index (χ1) is 22.3. The minimum absolute atomic E-state index is 0.680. The van der Waals surface area contributed by atoms with Gasteiger partial charge in [-0.05, 0) is 59.2 Å². The standard InChI is InChI=1S/C41H28N2O2/c1-2-9-27(10-3-1)28-17-21-30(22-18-28)43(36-14-8-13-33-32-11-4-6-15-37(32)45-41(33)36)31-23-19-29(20-24-31)35-25-42-26-39-40(35)34-12-5-7-16-38(34)44-39/h1-25,42H,26H2. The average Bonchev–Trinajstić information content (AvgIpc) is 3.69. The Labute approximate surface area is 260 Å². The number of para-hydroxylation sites is 3. The van der Waals surface area contributed by atoms with Crippen LogP contribution in [-0.4, -0.2) is 0 Å². The van der Waals surface area contributed by atoms with Crippen molar-refractivity contribution >= 4 is 55.5 Å². The van der Waals surface area contributed by atoms with Gasteiger partial charge in [0.2, 0.25) is 0 Å². The fraction of sp³-hybridized carbons (Fsp3) is 0.0244. The van der Waals surface area contributed by atoms with Crippen LogP contribution in [0.5, 0.6) is 0 Å². The Kier molecular flexibility index (Phi) is 5.85. The van der Waals surface area contributed by atoms with Crippen molar-refractivity contribution in [1.29, 1.82) is 0 Å². The molecule has 0 amide bonds. The number of fused-ring (bicyclic) bond motifs is 6. The van der Waals surface area contributed by atoms with Crippen LogP contribution in [0.3, 0.4) is 0 Å². The van der Waals surface area contributed by atoms with Crippen LogP contribution in [0, 0.1) is 0 Å². The second-order valence-electron chi connectivity index (χ2n) is 11.4. The van der Waals surface area contributed by atoms with E-state index < -0.39 is 0 Å². The topological polar surface area (TPSA) is 41.6 Å². The van der Waals surface area contributed by atoms with Gasteiger partial charge in [-0.2, -0.15) is 0 Å². The van der Waals surface area contributed by atoms with Gasteiger partial charge in [0, 0.05) is 44.9 Å². The summed E-state index contributed by atoms with van der Waals surface area (Å²) in [5.74, 6) is 0.967. The first-order valence-corrected chi connectivity index (χ1v) is 15.2. The van der Waals surface area contributed by atoms with Crippen LogP contribution < -0.4 is 10.2 Å². The maximum absolute atomic E-state index is 6.52. The SMILES string of the molecule is C1=C(c2ccc(N(c3ccc(-c4ccccc4)cc3)c3cccc4c3oc3ccccc34)cc2)c2c(oc3ccccc23)CN1. The maximum Gasteiger partial charge on any atom is 0.159 e. The van der Waals surface area contributed by atoms with Gasteiger partial charge in [0.15, 0.2) is 5.58 Å². The van der Waals surface area contributed by atoms with Crippen molar-refractivity contribution in [3.05, 3.63) is 169 Å². The monoisotopic (exact) mass is 580 g/mol. The van der Waals surface area contributed by atoms with Crippen molar-refractivity contribution in [2.45, 2.75) is 6.54 Å². The lowest BCUT2D eigenvalue weighted by Gasteiger charge is -2.26. The van der Waals surface area contributed by atoms with E-state index in [0.717, 1.165) is 72.4 Å². The summed E-state index contributed by atoms with van der Waals surface area (Å²) in [5, 5.41) is 6.77. The molecule has 0 saturated heterocycles. The first-order valence-electron chi connectivity index (χ1n) is 15.2. The van der Waals surface area contributed by atoms with Crippen LogP contribution in [0.4, 0.5) is 17.1 Å². The molecule has 0 spiro atoms. The molecule has 1 aliphatic heterocycles. The third-order valence-electron chi connectivity index (χ3n) is 8.74. The Bertz CT molecular complexity index is 2360. The molecular weight excluding hydrogens is 552 g/mol. The van der Waals surface area contributed by atoms with E-state index >= 15 is 0 Å². The molecule has 3 heterocycles. The highest BCUT2D eigenvalue weighted by Gasteiger charge is 2.23. The predicted molar refractivity (Wildman–Crippen MR) is 184 cm³/mol. The third kappa shape index (κ3) is 4.22. The van der Waals surface area contributed by atoms with Gasteiger partial charge < -0.3 is 19.1 Å². The lowest BCUT2D eigenvalue weighted by molar-refractivity contribution is 0.531. The molecule has 0 atom stereocenters. The number of rotatable bonds is 5. The number of nitrogens with one attached hydrogen (secondary N) is 1. The van der Waals surface area contributed by atoms with E-state index in [9.17, 15) is 0 Å². The second-order valence-corrected chi connectivity index (χ2v) is 11.4. The lowest BCUT2D eigenvalue weighted by Crippen LogP contribution is -2.13. The molecule has 2 aromatic heterocycles. The van der Waals surface area contributed by atoms with E-state index in [1.807, 2.05) is 30.3 Å². The molecule has 4 heteroatoms. The molecular formula is C41H28N2O2. The number of benzene rings is 6. The summed E-state index contributed by atoms with van der Waals surface area (Å²) >= 11 is 0. The van der Waals surface area contributed by atoms with Crippen LogP contribution >= 0.6 is 0 Å². The number of hydrogen-bond acceptors (Lipinski definition) is 4. The van der Waals surface area contributed by atoms with Crippen LogP contribution in [0.25, 0.3) is 49.6 Å². The van der Waals surface area contributed by atoms with Crippen LogP contribution in [0.1, 0.15) is 16.9 Å². The Hall–Kier alpha value is -6.00. The van der Waals surface area contributed by atoms with Gasteiger partial charge >= 0.3 is 0 Å². The van der Waals surface area contributed by atoms with E-state index in [-0.39, 0.29) is 0 Å². The first kappa shape index (κ1) is 25.5. The number of anilines is 3. The van der Waals surface area contributed by atoms with E-state index in [1.165, 1.54) is 11.1 Å². The van der Waals surface area contributed by atoms with Gasteiger partial charge in [0.25, 0.3) is 0 Å². The van der Waals surface area contributed by atoms with Crippen molar-refractivity contribution in [2.24, 2.45) is 0 Å². The molecule has 45 heavy (non-hydrogen) atoms. The highest BCUT2D eigenvalue weighted by atomic mass is 16.3. The Morgan fingerprint density at radius 2 is 1.09 bits per heavy atom. The number of nitrogens with zero attached hydrogens (tertiary/aromatic N) is 1. The van der Waals surface area contributed by atoms with Gasteiger partial charge in [-0.3, -0.25) is 0 Å². The Morgan fingerprint density at radius 1 is 0.489 bits per heavy atom. The molecule has 9 rings (SSSR count). The summed E-state index contributed by atoms with van der Waals surface area (Å²) in [6, 6.07) is 50.9. The summed E-state index contributed by atoms with van der Waals surface area (Å²) in [6.45, 7) is 0.680. The minimum atomic E-state index is 0.680. The van der Waals surface area contributed by atoms with E-state index in [1.54, 1.807) is 0 Å². The normalized spacial score (nSPS) is 12.7. The van der Waals surface area contributed by atoms with E-state index in [4.69, 9.17) is 8.83 Å². The molecule has 0 aliphatic carbocycles. The zero-order valence-corrected chi connectivity index (χ0v) is 24.4. The molecule has 0 unspecified atom stereocenters. The van der Waals surface area contributed by atoms with Crippen molar-refractivity contribution < 1.29 is 8.83 Å². The molecule has 6 aromatic carbocycles. The molecule has 1 aliphatic rings. The fourth-order valence-corrected chi connectivity index (χ4v) is 6.62. The zero-order valence-electron chi connectivity index (χ0n) is 24.4. The summed E-state index contributed by atoms with van der Waals surface area (Å²) in [6.07, 6.45) is 2.11. The van der Waals surface area contributed by atoms with E-state index in [2.05, 4.69) is 132 Å². The molecule has 1 N–H and O–H groups in total. The predicted octanol–water partition coefficient (Wildman–Crippen LogP) is 11.0. The van der Waals surface area contributed by atoms with Gasteiger partial charge in [0.05, 0.1) is 12.2 Å². The lowest BCUT2D eigenvalue weighted by atomic mass is 9.94. The van der Waals surface area contributed by atoms with E-state index in [0.29, 0.717) is 6.54 Å². The fourth-order valence-electron chi connectivity index (χ4n) is 6.62. The van der Waals surface area contributed by atoms with Crippen molar-refractivity contribution in [3.63, 3.8) is 0 Å².